The Kier molecular flexibility index (Phi) is 5.68. The van der Waals surface area contributed by atoms with E-state index >= 15 is 0 Å². The molecule has 1 aliphatic heterocycles. The molecule has 1 saturated heterocycles. The first-order chi connectivity index (χ1) is 16.0. The minimum absolute atomic E-state index is 0.0878. The summed E-state index contributed by atoms with van der Waals surface area (Å²) in [7, 11) is 0. The van der Waals surface area contributed by atoms with Gasteiger partial charge in [-0.25, -0.2) is 9.67 Å². The summed E-state index contributed by atoms with van der Waals surface area (Å²) in [5.41, 5.74) is 3.97. The van der Waals surface area contributed by atoms with Crippen molar-refractivity contribution in [3.05, 3.63) is 75.5 Å². The molecule has 1 amide bonds. The van der Waals surface area contributed by atoms with Gasteiger partial charge in [-0.05, 0) is 26.0 Å². The number of nitrogens with zero attached hydrogens (tertiary/aromatic N) is 5. The van der Waals surface area contributed by atoms with Crippen LogP contribution in [0.1, 0.15) is 10.6 Å². The number of rotatable bonds is 4. The second-order valence-electron chi connectivity index (χ2n) is 8.29. The standard InChI is InChI=1S/C25H25N5O2S/c1-17-8-10-19(11-9-17)22-24-23(26-18(2)33-24)25(32)30(27-22)16-21(31)29-14-12-28(13-15-29)20-6-4-3-5-7-20/h3-11H,12-16H2,1-2H3. The Balaban J connectivity index is 1.40. The Morgan fingerprint density at radius 3 is 2.36 bits per heavy atom. The highest BCUT2D eigenvalue weighted by atomic mass is 32.1. The van der Waals surface area contributed by atoms with Crippen molar-refractivity contribution in [2.75, 3.05) is 31.1 Å². The maximum absolute atomic E-state index is 13.1. The minimum atomic E-state index is -0.318. The molecule has 8 heteroatoms. The van der Waals surface area contributed by atoms with Gasteiger partial charge in [0.1, 0.15) is 12.2 Å². The second-order valence-corrected chi connectivity index (χ2v) is 9.49. The van der Waals surface area contributed by atoms with Crippen molar-refractivity contribution >= 4 is 33.1 Å². The molecule has 1 fully saturated rings. The number of hydrogen-bond donors (Lipinski definition) is 0. The molecule has 168 valence electrons. The van der Waals surface area contributed by atoms with Gasteiger partial charge < -0.3 is 9.80 Å². The summed E-state index contributed by atoms with van der Waals surface area (Å²) >= 11 is 1.46. The van der Waals surface area contributed by atoms with Crippen molar-refractivity contribution in [3.63, 3.8) is 0 Å². The number of aromatic nitrogens is 3. The molecular weight excluding hydrogens is 434 g/mol. The second kappa shape index (κ2) is 8.78. The lowest BCUT2D eigenvalue weighted by Crippen LogP contribution is -2.50. The van der Waals surface area contributed by atoms with Gasteiger partial charge in [0.2, 0.25) is 5.91 Å². The van der Waals surface area contributed by atoms with Crippen molar-refractivity contribution in [3.8, 4) is 11.3 Å². The summed E-state index contributed by atoms with van der Waals surface area (Å²) in [5.74, 6) is -0.0986. The first kappa shape index (κ1) is 21.3. The van der Waals surface area contributed by atoms with E-state index in [9.17, 15) is 9.59 Å². The molecular formula is C25H25N5O2S. The van der Waals surface area contributed by atoms with Gasteiger partial charge in [-0.15, -0.1) is 11.3 Å². The molecule has 2 aromatic heterocycles. The Hall–Kier alpha value is -3.52. The number of hydrogen-bond acceptors (Lipinski definition) is 6. The zero-order valence-corrected chi connectivity index (χ0v) is 19.5. The van der Waals surface area contributed by atoms with Crippen LogP contribution in [0.4, 0.5) is 5.69 Å². The molecule has 0 saturated carbocycles. The lowest BCUT2D eigenvalue weighted by molar-refractivity contribution is -0.132. The molecule has 0 bridgehead atoms. The van der Waals surface area contributed by atoms with Gasteiger partial charge in [0, 0.05) is 37.4 Å². The molecule has 0 aliphatic carbocycles. The van der Waals surface area contributed by atoms with Crippen molar-refractivity contribution in [2.24, 2.45) is 0 Å². The molecule has 0 N–H and O–H groups in total. The SMILES string of the molecule is Cc1ccc(-c2nn(CC(=O)N3CCN(c4ccccc4)CC3)c(=O)c3nc(C)sc23)cc1. The summed E-state index contributed by atoms with van der Waals surface area (Å²) in [6, 6.07) is 18.2. The van der Waals surface area contributed by atoms with Crippen molar-refractivity contribution in [1.82, 2.24) is 19.7 Å². The van der Waals surface area contributed by atoms with Crippen LogP contribution >= 0.6 is 11.3 Å². The quantitative estimate of drug-likeness (QED) is 0.467. The van der Waals surface area contributed by atoms with E-state index in [0.29, 0.717) is 24.3 Å². The van der Waals surface area contributed by atoms with Crippen LogP contribution in [0.25, 0.3) is 21.5 Å². The third kappa shape index (κ3) is 4.26. The molecule has 5 rings (SSSR count). The first-order valence-corrected chi connectivity index (χ1v) is 11.8. The van der Waals surface area contributed by atoms with Gasteiger partial charge >= 0.3 is 0 Å². The zero-order valence-electron chi connectivity index (χ0n) is 18.7. The molecule has 0 spiro atoms. The van der Waals surface area contributed by atoms with Crippen LogP contribution in [0, 0.1) is 13.8 Å². The number of amides is 1. The number of carbonyl (C=O) groups is 1. The van der Waals surface area contributed by atoms with E-state index in [0.717, 1.165) is 39.6 Å². The molecule has 0 radical (unpaired) electrons. The number of carbonyl (C=O) groups excluding carboxylic acids is 1. The zero-order chi connectivity index (χ0) is 22.9. The summed E-state index contributed by atoms with van der Waals surface area (Å²) < 4.78 is 2.05. The molecule has 33 heavy (non-hydrogen) atoms. The maximum Gasteiger partial charge on any atom is 0.294 e. The highest BCUT2D eigenvalue weighted by molar-refractivity contribution is 7.19. The van der Waals surface area contributed by atoms with Crippen molar-refractivity contribution < 1.29 is 4.79 Å². The highest BCUT2D eigenvalue weighted by Gasteiger charge is 2.23. The average Bonchev–Trinajstić information content (AvgIpc) is 3.24. The smallest absolute Gasteiger partial charge is 0.294 e. The monoisotopic (exact) mass is 459 g/mol. The number of thiazole rings is 1. The fourth-order valence-corrected chi connectivity index (χ4v) is 5.07. The van der Waals surface area contributed by atoms with E-state index < -0.39 is 0 Å². The van der Waals surface area contributed by atoms with Gasteiger partial charge in [-0.2, -0.15) is 5.10 Å². The molecule has 1 aliphatic rings. The predicted octanol–water partition coefficient (Wildman–Crippen LogP) is 3.49. The molecule has 2 aromatic carbocycles. The fourth-order valence-electron chi connectivity index (χ4n) is 4.15. The van der Waals surface area contributed by atoms with E-state index in [1.165, 1.54) is 16.0 Å². The molecule has 0 atom stereocenters. The first-order valence-electron chi connectivity index (χ1n) is 11.0. The van der Waals surface area contributed by atoms with Gasteiger partial charge in [0.25, 0.3) is 5.56 Å². The normalized spacial score (nSPS) is 14.1. The number of fused-ring (bicyclic) bond motifs is 1. The third-order valence-corrected chi connectivity index (χ3v) is 6.95. The Bertz CT molecular complexity index is 1350. The maximum atomic E-state index is 13.1. The molecule has 7 nitrogen and oxygen atoms in total. The van der Waals surface area contributed by atoms with Gasteiger partial charge in [0.15, 0.2) is 5.52 Å². The summed E-state index contributed by atoms with van der Waals surface area (Å²) in [4.78, 5) is 34.7. The topological polar surface area (TPSA) is 71.3 Å². The van der Waals surface area contributed by atoms with Crippen molar-refractivity contribution in [1.29, 1.82) is 0 Å². The van der Waals surface area contributed by atoms with Crippen LogP contribution < -0.4 is 10.5 Å². The summed E-state index contributed by atoms with van der Waals surface area (Å²) in [6.45, 7) is 6.58. The van der Waals surface area contributed by atoms with Crippen LogP contribution in [-0.2, 0) is 11.3 Å². The largest absolute Gasteiger partial charge is 0.368 e. The molecule has 0 unspecified atom stereocenters. The van der Waals surface area contributed by atoms with E-state index in [1.54, 1.807) is 0 Å². The minimum Gasteiger partial charge on any atom is -0.368 e. The number of aryl methyl sites for hydroxylation is 2. The van der Waals surface area contributed by atoms with Gasteiger partial charge in [-0.1, -0.05) is 48.0 Å². The molecule has 3 heterocycles. The van der Waals surface area contributed by atoms with E-state index in [2.05, 4.69) is 27.1 Å². The van der Waals surface area contributed by atoms with Gasteiger partial charge in [-0.3, -0.25) is 9.59 Å². The summed E-state index contributed by atoms with van der Waals surface area (Å²) in [6.07, 6.45) is 0. The van der Waals surface area contributed by atoms with Crippen LogP contribution in [0.15, 0.2) is 59.4 Å². The Morgan fingerprint density at radius 1 is 0.970 bits per heavy atom. The lowest BCUT2D eigenvalue weighted by atomic mass is 10.1. The van der Waals surface area contributed by atoms with Gasteiger partial charge in [0.05, 0.1) is 9.71 Å². The van der Waals surface area contributed by atoms with E-state index in [1.807, 2.05) is 61.2 Å². The third-order valence-electron chi connectivity index (χ3n) is 5.97. The molecule has 4 aromatic rings. The van der Waals surface area contributed by atoms with Crippen molar-refractivity contribution in [2.45, 2.75) is 20.4 Å². The fraction of sp³-hybridized carbons (Fsp3) is 0.280. The van der Waals surface area contributed by atoms with Crippen LogP contribution in [0.2, 0.25) is 0 Å². The Morgan fingerprint density at radius 2 is 1.67 bits per heavy atom. The van der Waals surface area contributed by atoms with E-state index in [-0.39, 0.29) is 18.0 Å². The van der Waals surface area contributed by atoms with E-state index in [4.69, 9.17) is 0 Å². The Labute approximate surface area is 195 Å². The van der Waals surface area contributed by atoms with Crippen LogP contribution in [0.5, 0.6) is 0 Å². The average molecular weight is 460 g/mol. The predicted molar refractivity (Wildman–Crippen MR) is 132 cm³/mol. The lowest BCUT2D eigenvalue weighted by Gasteiger charge is -2.36. The van der Waals surface area contributed by atoms with Crippen LogP contribution in [0.3, 0.4) is 0 Å². The highest BCUT2D eigenvalue weighted by Crippen LogP contribution is 2.29. The number of piperazine rings is 1. The number of para-hydroxylation sites is 1. The summed E-state index contributed by atoms with van der Waals surface area (Å²) in [5, 5.41) is 5.43. The number of benzene rings is 2. The van der Waals surface area contributed by atoms with Crippen LogP contribution in [-0.4, -0.2) is 51.8 Å². The number of anilines is 1.